The van der Waals surface area contributed by atoms with Crippen molar-refractivity contribution in [1.29, 1.82) is 0 Å². The number of hydrogen-bond donors (Lipinski definition) is 2. The van der Waals surface area contributed by atoms with Gasteiger partial charge in [-0.3, -0.25) is 9.48 Å². The first-order valence-corrected chi connectivity index (χ1v) is 6.76. The van der Waals surface area contributed by atoms with Gasteiger partial charge in [0, 0.05) is 41.2 Å². The average molecular weight is 323 g/mol. The summed E-state index contributed by atoms with van der Waals surface area (Å²) < 4.78 is 2.64. The van der Waals surface area contributed by atoms with Crippen LogP contribution in [-0.2, 0) is 6.54 Å². The van der Waals surface area contributed by atoms with Crippen molar-refractivity contribution in [3.63, 3.8) is 0 Å². The third kappa shape index (κ3) is 4.10. The Morgan fingerprint density at radius 2 is 2.26 bits per heavy atom. The molecule has 0 unspecified atom stereocenters. The highest BCUT2D eigenvalue weighted by molar-refractivity contribution is 9.10. The van der Waals surface area contributed by atoms with Crippen molar-refractivity contribution in [2.24, 2.45) is 0 Å². The Labute approximate surface area is 119 Å². The van der Waals surface area contributed by atoms with Crippen molar-refractivity contribution in [3.05, 3.63) is 46.7 Å². The van der Waals surface area contributed by atoms with Gasteiger partial charge in [-0.1, -0.05) is 15.9 Å². The summed E-state index contributed by atoms with van der Waals surface area (Å²) in [5.41, 5.74) is 6.82. The summed E-state index contributed by atoms with van der Waals surface area (Å²) in [6, 6.07) is 7.05. The molecule has 0 aliphatic carbocycles. The number of carbonyl (C=O) groups is 1. The lowest BCUT2D eigenvalue weighted by atomic mass is 10.2. The highest BCUT2D eigenvalue weighted by Crippen LogP contribution is 2.17. The lowest BCUT2D eigenvalue weighted by molar-refractivity contribution is 0.0952. The Bertz CT molecular complexity index is 534. The number of hydrogen-bond acceptors (Lipinski definition) is 3. The van der Waals surface area contributed by atoms with E-state index in [0.29, 0.717) is 17.8 Å². The topological polar surface area (TPSA) is 72.9 Å². The molecule has 19 heavy (non-hydrogen) atoms. The zero-order valence-electron chi connectivity index (χ0n) is 10.3. The Kier molecular flexibility index (Phi) is 4.57. The molecule has 2 rings (SSSR count). The molecule has 0 aliphatic rings. The van der Waals surface area contributed by atoms with Crippen LogP contribution in [-0.4, -0.2) is 22.2 Å². The Morgan fingerprint density at radius 3 is 2.95 bits per heavy atom. The molecule has 0 saturated heterocycles. The van der Waals surface area contributed by atoms with Crippen LogP contribution in [0, 0.1) is 0 Å². The Morgan fingerprint density at radius 1 is 1.42 bits per heavy atom. The molecule has 1 heterocycles. The Hall–Kier alpha value is -1.82. The number of carbonyl (C=O) groups excluding carboxylic acids is 1. The number of nitrogens with two attached hydrogens (primary N) is 1. The number of aryl methyl sites for hydroxylation is 1. The summed E-state index contributed by atoms with van der Waals surface area (Å²) in [6.07, 6.45) is 4.47. The van der Waals surface area contributed by atoms with Crippen LogP contribution in [0.25, 0.3) is 0 Å². The summed E-state index contributed by atoms with van der Waals surface area (Å²) in [6.45, 7) is 1.39. The van der Waals surface area contributed by atoms with Crippen molar-refractivity contribution < 1.29 is 4.79 Å². The molecule has 0 aliphatic heterocycles. The molecule has 0 radical (unpaired) electrons. The SMILES string of the molecule is Nc1cc(Br)cc(C(=O)NCCCn2cccn2)c1. The van der Waals surface area contributed by atoms with Gasteiger partial charge in [0.05, 0.1) is 0 Å². The minimum Gasteiger partial charge on any atom is -0.399 e. The quantitative estimate of drug-likeness (QED) is 0.653. The lowest BCUT2D eigenvalue weighted by Gasteiger charge is -2.07. The highest BCUT2D eigenvalue weighted by atomic mass is 79.9. The molecule has 1 aromatic carbocycles. The minimum absolute atomic E-state index is 0.117. The van der Waals surface area contributed by atoms with Crippen molar-refractivity contribution >= 4 is 27.5 Å². The van der Waals surface area contributed by atoms with Crippen LogP contribution in [0.2, 0.25) is 0 Å². The van der Waals surface area contributed by atoms with Crippen LogP contribution in [0.15, 0.2) is 41.1 Å². The summed E-state index contributed by atoms with van der Waals surface area (Å²) in [5.74, 6) is -0.117. The van der Waals surface area contributed by atoms with Gasteiger partial charge in [-0.2, -0.15) is 5.10 Å². The fraction of sp³-hybridized carbons (Fsp3) is 0.231. The van der Waals surface area contributed by atoms with E-state index in [1.54, 1.807) is 24.4 Å². The first-order valence-electron chi connectivity index (χ1n) is 5.97. The van der Waals surface area contributed by atoms with Gasteiger partial charge in [0.1, 0.15) is 0 Å². The first-order chi connectivity index (χ1) is 9.15. The number of nitrogens with zero attached hydrogens (tertiary/aromatic N) is 2. The van der Waals surface area contributed by atoms with E-state index in [9.17, 15) is 4.79 Å². The van der Waals surface area contributed by atoms with Gasteiger partial charge in [-0.25, -0.2) is 0 Å². The standard InChI is InChI=1S/C13H15BrN4O/c14-11-7-10(8-12(15)9-11)13(19)16-3-1-5-18-6-2-4-17-18/h2,4,6-9H,1,3,5,15H2,(H,16,19). The molecule has 5 nitrogen and oxygen atoms in total. The zero-order valence-corrected chi connectivity index (χ0v) is 11.9. The van der Waals surface area contributed by atoms with Crippen LogP contribution in [0.5, 0.6) is 0 Å². The summed E-state index contributed by atoms with van der Waals surface area (Å²) >= 11 is 3.32. The number of anilines is 1. The van der Waals surface area contributed by atoms with Crippen LogP contribution in [0.3, 0.4) is 0 Å². The number of aromatic nitrogens is 2. The second-order valence-electron chi connectivity index (χ2n) is 4.15. The Balaban J connectivity index is 1.80. The number of nitrogen functional groups attached to an aromatic ring is 1. The smallest absolute Gasteiger partial charge is 0.251 e. The zero-order chi connectivity index (χ0) is 13.7. The van der Waals surface area contributed by atoms with Gasteiger partial charge in [0.2, 0.25) is 0 Å². The molecular formula is C13H15BrN4O. The van der Waals surface area contributed by atoms with Gasteiger partial charge in [0.25, 0.3) is 5.91 Å². The molecule has 6 heteroatoms. The predicted octanol–water partition coefficient (Wildman–Crippen LogP) is 2.05. The molecule has 0 atom stereocenters. The van der Waals surface area contributed by atoms with E-state index >= 15 is 0 Å². The van der Waals surface area contributed by atoms with Crippen molar-refractivity contribution in [1.82, 2.24) is 15.1 Å². The van der Waals surface area contributed by atoms with Gasteiger partial charge in [-0.15, -0.1) is 0 Å². The number of halogens is 1. The van der Waals surface area contributed by atoms with E-state index in [0.717, 1.165) is 17.4 Å². The molecule has 1 amide bonds. The maximum atomic E-state index is 11.9. The molecule has 1 aromatic heterocycles. The number of amides is 1. The summed E-state index contributed by atoms with van der Waals surface area (Å²) in [7, 11) is 0. The van der Waals surface area contributed by atoms with E-state index in [1.165, 1.54) is 0 Å². The van der Waals surface area contributed by atoms with E-state index in [4.69, 9.17) is 5.73 Å². The summed E-state index contributed by atoms with van der Waals surface area (Å²) in [5, 5.41) is 6.95. The van der Waals surface area contributed by atoms with E-state index < -0.39 is 0 Å². The number of benzene rings is 1. The highest BCUT2D eigenvalue weighted by Gasteiger charge is 2.06. The second-order valence-corrected chi connectivity index (χ2v) is 5.07. The van der Waals surface area contributed by atoms with E-state index in [1.807, 2.05) is 16.9 Å². The number of rotatable bonds is 5. The van der Waals surface area contributed by atoms with Gasteiger partial charge in [-0.05, 0) is 30.7 Å². The molecule has 100 valence electrons. The van der Waals surface area contributed by atoms with Crippen molar-refractivity contribution in [3.8, 4) is 0 Å². The normalized spacial score (nSPS) is 10.4. The molecule has 0 saturated carbocycles. The number of nitrogens with one attached hydrogen (secondary N) is 1. The average Bonchev–Trinajstić information content (AvgIpc) is 2.86. The van der Waals surface area contributed by atoms with Crippen LogP contribution < -0.4 is 11.1 Å². The molecule has 0 spiro atoms. The predicted molar refractivity (Wildman–Crippen MR) is 77.7 cm³/mol. The van der Waals surface area contributed by atoms with Gasteiger partial charge >= 0.3 is 0 Å². The maximum absolute atomic E-state index is 11.9. The third-order valence-corrected chi connectivity index (χ3v) is 3.05. The van der Waals surface area contributed by atoms with Crippen molar-refractivity contribution in [2.45, 2.75) is 13.0 Å². The second kappa shape index (κ2) is 6.38. The fourth-order valence-corrected chi connectivity index (χ4v) is 2.23. The molecule has 2 aromatic rings. The summed E-state index contributed by atoms with van der Waals surface area (Å²) in [4.78, 5) is 11.9. The van der Waals surface area contributed by atoms with Crippen LogP contribution >= 0.6 is 15.9 Å². The largest absolute Gasteiger partial charge is 0.399 e. The van der Waals surface area contributed by atoms with Crippen molar-refractivity contribution in [2.75, 3.05) is 12.3 Å². The minimum atomic E-state index is -0.117. The molecule has 0 fully saturated rings. The van der Waals surface area contributed by atoms with Gasteiger partial charge in [0.15, 0.2) is 0 Å². The molecule has 0 bridgehead atoms. The van der Waals surface area contributed by atoms with Gasteiger partial charge < -0.3 is 11.1 Å². The maximum Gasteiger partial charge on any atom is 0.251 e. The monoisotopic (exact) mass is 322 g/mol. The molecular weight excluding hydrogens is 308 g/mol. The van der Waals surface area contributed by atoms with Crippen LogP contribution in [0.1, 0.15) is 16.8 Å². The third-order valence-electron chi connectivity index (χ3n) is 2.59. The lowest BCUT2D eigenvalue weighted by Crippen LogP contribution is -2.25. The fourth-order valence-electron chi connectivity index (χ4n) is 1.72. The molecule has 3 N–H and O–H groups in total. The van der Waals surface area contributed by atoms with E-state index in [-0.39, 0.29) is 5.91 Å². The van der Waals surface area contributed by atoms with E-state index in [2.05, 4.69) is 26.3 Å². The first kappa shape index (κ1) is 13.6. The van der Waals surface area contributed by atoms with Crippen LogP contribution in [0.4, 0.5) is 5.69 Å².